The molecule has 0 amide bonds. The molecule has 3 aromatic carbocycles. The third-order valence-electron chi connectivity index (χ3n) is 4.14. The molecule has 3 aromatic rings. The van der Waals surface area contributed by atoms with E-state index in [4.69, 9.17) is 39.5 Å². The number of benzene rings is 3. The lowest BCUT2D eigenvalue weighted by Crippen LogP contribution is -2.06. The van der Waals surface area contributed by atoms with Crippen LogP contribution in [0.1, 0.15) is 21.5 Å². The molecule has 0 aliphatic rings. The average molecular weight is 516 g/mol. The van der Waals surface area contributed by atoms with E-state index in [0.717, 1.165) is 10.0 Å². The lowest BCUT2D eigenvalue weighted by Gasteiger charge is -2.15. The number of ether oxygens (including phenoxy) is 1. The van der Waals surface area contributed by atoms with Crippen LogP contribution in [0, 0.1) is 0 Å². The van der Waals surface area contributed by atoms with Gasteiger partial charge >= 0.3 is 5.97 Å². The van der Waals surface area contributed by atoms with E-state index >= 15 is 0 Å². The summed E-state index contributed by atoms with van der Waals surface area (Å²) in [5.41, 5.74) is 2.22. The van der Waals surface area contributed by atoms with Gasteiger partial charge in [-0.2, -0.15) is 0 Å². The molecule has 2 N–H and O–H groups in total. The lowest BCUT2D eigenvalue weighted by molar-refractivity contribution is 0.0697. The zero-order valence-electron chi connectivity index (χ0n) is 14.9. The van der Waals surface area contributed by atoms with E-state index in [0.29, 0.717) is 38.6 Å². The first kappa shape index (κ1) is 21.8. The van der Waals surface area contributed by atoms with Gasteiger partial charge in [-0.3, -0.25) is 0 Å². The quantitative estimate of drug-likeness (QED) is 0.347. The van der Waals surface area contributed by atoms with E-state index in [-0.39, 0.29) is 12.2 Å². The molecular weight excluding hydrogens is 500 g/mol. The highest BCUT2D eigenvalue weighted by Gasteiger charge is 2.11. The monoisotopic (exact) mass is 513 g/mol. The van der Waals surface area contributed by atoms with Gasteiger partial charge in [0.05, 0.1) is 16.3 Å². The van der Waals surface area contributed by atoms with Crippen molar-refractivity contribution in [1.29, 1.82) is 0 Å². The van der Waals surface area contributed by atoms with E-state index < -0.39 is 5.97 Å². The highest BCUT2D eigenvalue weighted by Crippen LogP contribution is 2.30. The fraction of sp³-hybridized carbons (Fsp3) is 0.0952. The summed E-state index contributed by atoms with van der Waals surface area (Å²) in [4.78, 5) is 11.2. The second kappa shape index (κ2) is 9.72. The molecule has 29 heavy (non-hydrogen) atoms. The van der Waals surface area contributed by atoms with Crippen LogP contribution in [0.25, 0.3) is 0 Å². The molecule has 8 heteroatoms. The first-order valence-corrected chi connectivity index (χ1v) is 10.4. The Morgan fingerprint density at radius 3 is 2.41 bits per heavy atom. The Labute approximate surface area is 191 Å². The van der Waals surface area contributed by atoms with Gasteiger partial charge in [-0.15, -0.1) is 0 Å². The summed E-state index contributed by atoms with van der Waals surface area (Å²) in [5, 5.41) is 13.8. The van der Waals surface area contributed by atoms with Crippen molar-refractivity contribution in [1.82, 2.24) is 0 Å². The lowest BCUT2D eigenvalue weighted by atomic mass is 10.1. The highest BCUT2D eigenvalue weighted by atomic mass is 79.9. The molecule has 0 fully saturated rings. The molecule has 0 unspecified atom stereocenters. The summed E-state index contributed by atoms with van der Waals surface area (Å²) in [6.07, 6.45) is 0. The smallest absolute Gasteiger partial charge is 0.335 e. The second-order valence-corrected chi connectivity index (χ2v) is 8.23. The Balaban J connectivity index is 1.79. The number of anilines is 1. The number of hydrogen-bond donors (Lipinski definition) is 2. The molecule has 0 atom stereocenters. The van der Waals surface area contributed by atoms with Gasteiger partial charge in [0.2, 0.25) is 0 Å². The molecule has 0 bridgehead atoms. The Kier molecular flexibility index (Phi) is 7.30. The van der Waals surface area contributed by atoms with Crippen LogP contribution < -0.4 is 10.1 Å². The topological polar surface area (TPSA) is 58.6 Å². The normalized spacial score (nSPS) is 10.6. The number of halogens is 4. The van der Waals surface area contributed by atoms with Crippen molar-refractivity contribution in [2.45, 2.75) is 13.2 Å². The number of carboxylic acids is 1. The Morgan fingerprint density at radius 1 is 1.00 bits per heavy atom. The van der Waals surface area contributed by atoms with E-state index in [2.05, 4.69) is 21.2 Å². The maximum atomic E-state index is 11.2. The molecule has 0 heterocycles. The van der Waals surface area contributed by atoms with Gasteiger partial charge in [0.1, 0.15) is 12.4 Å². The average Bonchev–Trinajstić information content (AvgIpc) is 2.68. The van der Waals surface area contributed by atoms with Gasteiger partial charge in [-0.25, -0.2) is 4.79 Å². The van der Waals surface area contributed by atoms with Crippen LogP contribution in [-0.4, -0.2) is 11.1 Å². The maximum Gasteiger partial charge on any atom is 0.335 e. The Hall–Kier alpha value is -1.92. The van der Waals surface area contributed by atoms with Crippen LogP contribution in [-0.2, 0) is 13.2 Å². The van der Waals surface area contributed by atoms with E-state index in [1.165, 1.54) is 12.1 Å². The summed E-state index contributed by atoms with van der Waals surface area (Å²) >= 11 is 22.1. The predicted molar refractivity (Wildman–Crippen MR) is 121 cm³/mol. The van der Waals surface area contributed by atoms with Crippen molar-refractivity contribution in [2.75, 3.05) is 5.32 Å². The third-order valence-corrected chi connectivity index (χ3v) is 5.67. The largest absolute Gasteiger partial charge is 0.488 e. The van der Waals surface area contributed by atoms with Gasteiger partial charge in [0.25, 0.3) is 0 Å². The number of nitrogens with one attached hydrogen (secondary N) is 1. The van der Waals surface area contributed by atoms with E-state index in [1.807, 2.05) is 18.2 Å². The highest BCUT2D eigenvalue weighted by molar-refractivity contribution is 9.10. The first-order chi connectivity index (χ1) is 13.8. The predicted octanol–water partition coefficient (Wildman–Crippen LogP) is 7.30. The second-order valence-electron chi connectivity index (χ2n) is 6.09. The third kappa shape index (κ3) is 5.58. The van der Waals surface area contributed by atoms with Gasteiger partial charge in [0.15, 0.2) is 0 Å². The number of hydrogen-bond acceptors (Lipinski definition) is 3. The Morgan fingerprint density at radius 2 is 1.72 bits per heavy atom. The zero-order chi connectivity index (χ0) is 21.0. The minimum absolute atomic E-state index is 0.149. The number of rotatable bonds is 7. The van der Waals surface area contributed by atoms with Crippen molar-refractivity contribution in [3.05, 3.63) is 90.8 Å². The van der Waals surface area contributed by atoms with Crippen LogP contribution in [0.5, 0.6) is 5.75 Å². The number of carboxylic acid groups (broad SMARTS) is 1. The molecule has 0 saturated carbocycles. The zero-order valence-corrected chi connectivity index (χ0v) is 18.7. The van der Waals surface area contributed by atoms with Crippen molar-refractivity contribution >= 4 is 62.4 Å². The summed E-state index contributed by atoms with van der Waals surface area (Å²) < 4.78 is 6.84. The molecule has 3 rings (SSSR count). The summed E-state index contributed by atoms with van der Waals surface area (Å²) in [6.45, 7) is 0.580. The van der Waals surface area contributed by atoms with Crippen molar-refractivity contribution in [3.8, 4) is 5.75 Å². The molecule has 0 saturated heterocycles. The SMILES string of the molecule is O=C(O)c1ccc(Cl)c(NCc2cc(Br)ccc2OCc2c(Cl)cccc2Cl)c1. The summed E-state index contributed by atoms with van der Waals surface area (Å²) in [5.74, 6) is -0.380. The van der Waals surface area contributed by atoms with Gasteiger partial charge in [-0.05, 0) is 48.5 Å². The van der Waals surface area contributed by atoms with Crippen LogP contribution in [0.4, 0.5) is 5.69 Å². The van der Waals surface area contributed by atoms with Crippen molar-refractivity contribution < 1.29 is 14.6 Å². The summed E-state index contributed by atoms with van der Waals surface area (Å²) in [7, 11) is 0. The maximum absolute atomic E-state index is 11.2. The molecule has 0 aromatic heterocycles. The Bertz CT molecular complexity index is 1040. The molecule has 0 aliphatic carbocycles. The summed E-state index contributed by atoms with van der Waals surface area (Å²) in [6, 6.07) is 15.4. The van der Waals surface area contributed by atoms with Crippen LogP contribution in [0.2, 0.25) is 15.1 Å². The van der Waals surface area contributed by atoms with Gasteiger partial charge in [0, 0.05) is 32.2 Å². The van der Waals surface area contributed by atoms with Crippen molar-refractivity contribution in [3.63, 3.8) is 0 Å². The first-order valence-electron chi connectivity index (χ1n) is 8.46. The number of aromatic carboxylic acids is 1. The standard InChI is InChI=1S/C21H15BrCl3NO3/c22-14-5-7-20(29-11-15-16(23)2-1-3-17(15)24)13(8-14)10-26-19-9-12(21(27)28)4-6-18(19)25/h1-9,26H,10-11H2,(H,27,28). The molecule has 0 spiro atoms. The fourth-order valence-electron chi connectivity index (χ4n) is 2.63. The minimum Gasteiger partial charge on any atom is -0.488 e. The van der Waals surface area contributed by atoms with E-state index in [1.54, 1.807) is 24.3 Å². The molecule has 4 nitrogen and oxygen atoms in total. The van der Waals surface area contributed by atoms with Crippen LogP contribution in [0.15, 0.2) is 59.1 Å². The number of carbonyl (C=O) groups is 1. The molecular formula is C21H15BrCl3NO3. The molecule has 0 radical (unpaired) electrons. The molecule has 150 valence electrons. The van der Waals surface area contributed by atoms with Crippen molar-refractivity contribution in [2.24, 2.45) is 0 Å². The van der Waals surface area contributed by atoms with Gasteiger partial charge < -0.3 is 15.2 Å². The van der Waals surface area contributed by atoms with Gasteiger partial charge in [-0.1, -0.05) is 56.8 Å². The van der Waals surface area contributed by atoms with Crippen LogP contribution in [0.3, 0.4) is 0 Å². The molecule has 0 aliphatic heterocycles. The minimum atomic E-state index is -1.02. The van der Waals surface area contributed by atoms with E-state index in [9.17, 15) is 9.90 Å². The fourth-order valence-corrected chi connectivity index (χ4v) is 3.73. The van der Waals surface area contributed by atoms with Crippen LogP contribution >= 0.6 is 50.7 Å².